The number of halogens is 1. The van der Waals surface area contributed by atoms with Crippen molar-refractivity contribution in [2.75, 3.05) is 18.9 Å². The van der Waals surface area contributed by atoms with Crippen LogP contribution < -0.4 is 10.6 Å². The number of likely N-dealkylation sites (N-methyl/N-ethyl adjacent to an activating group) is 1. The van der Waals surface area contributed by atoms with Crippen molar-refractivity contribution in [1.82, 2.24) is 15.5 Å². The molecule has 0 radical (unpaired) electrons. The SMILES string of the molecule is CCc1[nH]nc(NC(=O)CNC)c1C.Cl. The highest BCUT2D eigenvalue weighted by molar-refractivity contribution is 5.92. The first-order valence-corrected chi connectivity index (χ1v) is 4.67. The fourth-order valence-electron chi connectivity index (χ4n) is 1.24. The van der Waals surface area contributed by atoms with Crippen molar-refractivity contribution in [2.24, 2.45) is 0 Å². The molecular weight excluding hydrogens is 216 g/mol. The normalized spacial score (nSPS) is 9.53. The molecule has 86 valence electrons. The van der Waals surface area contributed by atoms with Gasteiger partial charge in [0.1, 0.15) is 0 Å². The standard InChI is InChI=1S/C9H16N4O.ClH/c1-4-7-6(2)9(13-12-7)11-8(14)5-10-3;/h10H,4-5H2,1-3H3,(H2,11,12,13,14);1H. The minimum absolute atomic E-state index is 0. The van der Waals surface area contributed by atoms with E-state index in [4.69, 9.17) is 0 Å². The molecule has 1 amide bonds. The van der Waals surface area contributed by atoms with Crippen LogP contribution in [0.1, 0.15) is 18.2 Å². The Morgan fingerprint density at radius 1 is 1.53 bits per heavy atom. The summed E-state index contributed by atoms with van der Waals surface area (Å²) < 4.78 is 0. The van der Waals surface area contributed by atoms with Crippen molar-refractivity contribution in [3.63, 3.8) is 0 Å². The van der Waals surface area contributed by atoms with Crippen LogP contribution in [-0.2, 0) is 11.2 Å². The number of anilines is 1. The van der Waals surface area contributed by atoms with Crippen LogP contribution in [0, 0.1) is 6.92 Å². The number of carbonyl (C=O) groups is 1. The van der Waals surface area contributed by atoms with Gasteiger partial charge in [-0.1, -0.05) is 6.92 Å². The third kappa shape index (κ3) is 3.53. The summed E-state index contributed by atoms with van der Waals surface area (Å²) in [6.45, 7) is 4.28. The number of aromatic nitrogens is 2. The fraction of sp³-hybridized carbons (Fsp3) is 0.556. The zero-order valence-electron chi connectivity index (χ0n) is 9.18. The van der Waals surface area contributed by atoms with Crippen LogP contribution in [0.15, 0.2) is 0 Å². The van der Waals surface area contributed by atoms with Gasteiger partial charge in [-0.15, -0.1) is 12.4 Å². The van der Waals surface area contributed by atoms with E-state index >= 15 is 0 Å². The first-order chi connectivity index (χ1) is 6.69. The molecule has 15 heavy (non-hydrogen) atoms. The summed E-state index contributed by atoms with van der Waals surface area (Å²) in [7, 11) is 1.73. The van der Waals surface area contributed by atoms with Crippen LogP contribution >= 0.6 is 12.4 Å². The topological polar surface area (TPSA) is 69.8 Å². The highest BCUT2D eigenvalue weighted by Gasteiger charge is 2.09. The van der Waals surface area contributed by atoms with Crippen LogP contribution in [0.5, 0.6) is 0 Å². The minimum Gasteiger partial charge on any atom is -0.311 e. The van der Waals surface area contributed by atoms with Crippen molar-refractivity contribution >= 4 is 24.1 Å². The molecule has 5 nitrogen and oxygen atoms in total. The van der Waals surface area contributed by atoms with E-state index in [0.717, 1.165) is 17.7 Å². The molecule has 0 atom stereocenters. The van der Waals surface area contributed by atoms with Crippen LogP contribution in [0.4, 0.5) is 5.82 Å². The van der Waals surface area contributed by atoms with E-state index < -0.39 is 0 Å². The Kier molecular flexibility index (Phi) is 5.96. The van der Waals surface area contributed by atoms with Gasteiger partial charge in [-0.2, -0.15) is 5.10 Å². The summed E-state index contributed by atoms with van der Waals surface area (Å²) in [6.07, 6.45) is 0.890. The molecule has 1 aromatic heterocycles. The Labute approximate surface area is 95.4 Å². The van der Waals surface area contributed by atoms with Crippen molar-refractivity contribution in [1.29, 1.82) is 0 Å². The molecule has 1 heterocycles. The van der Waals surface area contributed by atoms with Gasteiger partial charge in [0.05, 0.1) is 6.54 Å². The minimum atomic E-state index is -0.0789. The number of hydrogen-bond acceptors (Lipinski definition) is 3. The van der Waals surface area contributed by atoms with Crippen LogP contribution in [0.3, 0.4) is 0 Å². The molecule has 6 heteroatoms. The summed E-state index contributed by atoms with van der Waals surface area (Å²) in [5.41, 5.74) is 2.07. The van der Waals surface area contributed by atoms with Gasteiger partial charge >= 0.3 is 0 Å². The summed E-state index contributed by atoms with van der Waals surface area (Å²) in [5, 5.41) is 12.4. The summed E-state index contributed by atoms with van der Waals surface area (Å²) in [4.78, 5) is 11.2. The third-order valence-corrected chi connectivity index (χ3v) is 2.06. The Balaban J connectivity index is 0.00000196. The maximum atomic E-state index is 11.2. The number of nitrogens with one attached hydrogen (secondary N) is 3. The van der Waals surface area contributed by atoms with Crippen molar-refractivity contribution in [2.45, 2.75) is 20.3 Å². The van der Waals surface area contributed by atoms with E-state index in [1.54, 1.807) is 7.05 Å². The van der Waals surface area contributed by atoms with Crippen LogP contribution in [-0.4, -0.2) is 29.7 Å². The molecule has 0 fully saturated rings. The molecule has 3 N–H and O–H groups in total. The molecule has 0 unspecified atom stereocenters. The smallest absolute Gasteiger partial charge is 0.239 e. The molecule has 1 rings (SSSR count). The molecule has 0 spiro atoms. The third-order valence-electron chi connectivity index (χ3n) is 2.06. The Bertz CT molecular complexity index is 324. The average Bonchev–Trinajstić information content (AvgIpc) is 2.48. The van der Waals surface area contributed by atoms with Gasteiger partial charge in [-0.25, -0.2) is 0 Å². The van der Waals surface area contributed by atoms with E-state index in [1.807, 2.05) is 13.8 Å². The monoisotopic (exact) mass is 232 g/mol. The zero-order chi connectivity index (χ0) is 10.6. The number of aromatic amines is 1. The van der Waals surface area contributed by atoms with Gasteiger partial charge in [-0.3, -0.25) is 9.89 Å². The lowest BCUT2D eigenvalue weighted by molar-refractivity contribution is -0.115. The van der Waals surface area contributed by atoms with E-state index in [1.165, 1.54) is 0 Å². The second-order valence-electron chi connectivity index (χ2n) is 3.11. The molecule has 0 saturated carbocycles. The predicted octanol–water partition coefficient (Wildman–Crippen LogP) is 0.860. The number of amides is 1. The van der Waals surface area contributed by atoms with Gasteiger partial charge in [0.25, 0.3) is 0 Å². The van der Waals surface area contributed by atoms with Gasteiger partial charge < -0.3 is 10.6 Å². The fourth-order valence-corrected chi connectivity index (χ4v) is 1.24. The molecule has 1 aromatic rings. The molecule has 0 bridgehead atoms. The molecule has 0 aliphatic carbocycles. The predicted molar refractivity (Wildman–Crippen MR) is 62.5 cm³/mol. The van der Waals surface area contributed by atoms with Gasteiger partial charge in [0.2, 0.25) is 5.91 Å². The number of carbonyl (C=O) groups excluding carboxylic acids is 1. The number of aryl methyl sites for hydroxylation is 1. The Morgan fingerprint density at radius 2 is 2.20 bits per heavy atom. The Morgan fingerprint density at radius 3 is 2.67 bits per heavy atom. The second-order valence-corrected chi connectivity index (χ2v) is 3.11. The van der Waals surface area contributed by atoms with Gasteiger partial charge in [0.15, 0.2) is 5.82 Å². The van der Waals surface area contributed by atoms with E-state index in [-0.39, 0.29) is 18.3 Å². The average molecular weight is 233 g/mol. The first-order valence-electron chi connectivity index (χ1n) is 4.67. The maximum absolute atomic E-state index is 11.2. The van der Waals surface area contributed by atoms with Crippen molar-refractivity contribution < 1.29 is 4.79 Å². The van der Waals surface area contributed by atoms with E-state index in [2.05, 4.69) is 20.8 Å². The highest BCUT2D eigenvalue weighted by Crippen LogP contribution is 2.14. The highest BCUT2D eigenvalue weighted by atomic mass is 35.5. The summed E-state index contributed by atoms with van der Waals surface area (Å²) in [5.74, 6) is 0.548. The van der Waals surface area contributed by atoms with Crippen molar-refractivity contribution in [3.8, 4) is 0 Å². The van der Waals surface area contributed by atoms with E-state index in [0.29, 0.717) is 12.4 Å². The lowest BCUT2D eigenvalue weighted by Gasteiger charge is -2.01. The number of H-pyrrole nitrogens is 1. The largest absolute Gasteiger partial charge is 0.311 e. The molecular formula is C9H17ClN4O. The van der Waals surface area contributed by atoms with Gasteiger partial charge in [-0.05, 0) is 20.4 Å². The number of rotatable bonds is 4. The summed E-state index contributed by atoms with van der Waals surface area (Å²) in [6, 6.07) is 0. The molecule has 0 aliphatic rings. The van der Waals surface area contributed by atoms with E-state index in [9.17, 15) is 4.79 Å². The second kappa shape index (κ2) is 6.42. The molecule has 0 aromatic carbocycles. The molecule has 0 aliphatic heterocycles. The lowest BCUT2D eigenvalue weighted by atomic mass is 10.2. The Hall–Kier alpha value is -1.07. The van der Waals surface area contributed by atoms with Crippen molar-refractivity contribution in [3.05, 3.63) is 11.3 Å². The van der Waals surface area contributed by atoms with Crippen LogP contribution in [0.2, 0.25) is 0 Å². The quantitative estimate of drug-likeness (QED) is 0.721. The molecule has 0 saturated heterocycles. The zero-order valence-corrected chi connectivity index (χ0v) is 9.99. The number of hydrogen-bond donors (Lipinski definition) is 3. The van der Waals surface area contributed by atoms with Crippen LogP contribution in [0.25, 0.3) is 0 Å². The van der Waals surface area contributed by atoms with Gasteiger partial charge in [0, 0.05) is 11.3 Å². The lowest BCUT2D eigenvalue weighted by Crippen LogP contribution is -2.25. The summed E-state index contributed by atoms with van der Waals surface area (Å²) >= 11 is 0. The first kappa shape index (κ1) is 13.9. The maximum Gasteiger partial charge on any atom is 0.239 e. The number of nitrogens with zero attached hydrogens (tertiary/aromatic N) is 1.